The number of fused-ring (bicyclic) bond motifs is 3. The Hall–Kier alpha value is -3.92. The van der Waals surface area contributed by atoms with E-state index in [0.29, 0.717) is 34.9 Å². The molecule has 0 spiro atoms. The Morgan fingerprint density at radius 1 is 1.18 bits per heavy atom. The van der Waals surface area contributed by atoms with E-state index in [2.05, 4.69) is 20.4 Å². The molecule has 1 amide bonds. The van der Waals surface area contributed by atoms with E-state index in [1.165, 1.54) is 10.9 Å². The highest BCUT2D eigenvalue weighted by Gasteiger charge is 2.19. The summed E-state index contributed by atoms with van der Waals surface area (Å²) in [5, 5.41) is 7.63. The molecule has 5 rings (SSSR count). The molecule has 0 saturated carbocycles. The van der Waals surface area contributed by atoms with Crippen molar-refractivity contribution in [3.63, 3.8) is 0 Å². The molecule has 10 heteroatoms. The van der Waals surface area contributed by atoms with Gasteiger partial charge in [0.1, 0.15) is 24.1 Å². The molecule has 9 nitrogen and oxygen atoms in total. The Morgan fingerprint density at radius 2 is 2.03 bits per heavy atom. The average molecular weight is 475 g/mol. The van der Waals surface area contributed by atoms with Gasteiger partial charge in [-0.25, -0.2) is 4.98 Å². The molecule has 0 unspecified atom stereocenters. The lowest BCUT2D eigenvalue weighted by Gasteiger charge is -2.10. The summed E-state index contributed by atoms with van der Waals surface area (Å²) in [6.07, 6.45) is 4.10. The first kappa shape index (κ1) is 21.9. The monoisotopic (exact) mass is 474 g/mol. The summed E-state index contributed by atoms with van der Waals surface area (Å²) in [7, 11) is 0. The highest BCUT2D eigenvalue weighted by Crippen LogP contribution is 2.25. The van der Waals surface area contributed by atoms with Crippen molar-refractivity contribution in [3.05, 3.63) is 76.9 Å². The molecule has 1 N–H and O–H groups in total. The summed E-state index contributed by atoms with van der Waals surface area (Å²) in [6.45, 7) is 1.99. The predicted octanol–water partition coefficient (Wildman–Crippen LogP) is 3.71. The van der Waals surface area contributed by atoms with Gasteiger partial charge in [-0.15, -0.1) is 11.8 Å². The fourth-order valence-electron chi connectivity index (χ4n) is 3.91. The Balaban J connectivity index is 1.54. The van der Waals surface area contributed by atoms with Gasteiger partial charge < -0.3 is 14.4 Å². The Labute approximate surface area is 198 Å². The first-order chi connectivity index (χ1) is 16.6. The van der Waals surface area contributed by atoms with Crippen LogP contribution in [-0.2, 0) is 24.3 Å². The topological polar surface area (TPSA) is 108 Å². The molecule has 3 heterocycles. The second-order valence-corrected chi connectivity index (χ2v) is 8.60. The summed E-state index contributed by atoms with van der Waals surface area (Å²) in [4.78, 5) is 36.4. The number of benzene rings is 2. The molecule has 0 atom stereocenters. The molecular weight excluding hydrogens is 452 g/mol. The number of carbonyl (C=O) groups is 1. The summed E-state index contributed by atoms with van der Waals surface area (Å²) < 4.78 is 8.38. The number of aryl methyl sites for hydroxylation is 1. The van der Waals surface area contributed by atoms with E-state index < -0.39 is 0 Å². The minimum absolute atomic E-state index is 0.0328. The maximum atomic E-state index is 13.5. The average Bonchev–Trinajstić information content (AvgIpc) is 3.44. The minimum atomic E-state index is -0.283. The van der Waals surface area contributed by atoms with Crippen molar-refractivity contribution < 1.29 is 9.32 Å². The van der Waals surface area contributed by atoms with Gasteiger partial charge in [0, 0.05) is 22.4 Å². The van der Waals surface area contributed by atoms with Gasteiger partial charge in [-0.1, -0.05) is 36.3 Å². The number of rotatable bonds is 7. The molecule has 2 aromatic carbocycles. The van der Waals surface area contributed by atoms with E-state index >= 15 is 0 Å². The minimum Gasteiger partial charge on any atom is -0.337 e. The summed E-state index contributed by atoms with van der Waals surface area (Å²) in [5.74, 6) is 0.669. The zero-order chi connectivity index (χ0) is 23.7. The lowest BCUT2D eigenvalue weighted by atomic mass is 10.2. The highest BCUT2D eigenvalue weighted by molar-refractivity contribution is 7.98. The zero-order valence-electron chi connectivity index (χ0n) is 18.7. The van der Waals surface area contributed by atoms with Crippen molar-refractivity contribution in [2.45, 2.75) is 31.3 Å². The molecule has 3 aromatic heterocycles. The van der Waals surface area contributed by atoms with Crippen LogP contribution in [0.2, 0.25) is 0 Å². The van der Waals surface area contributed by atoms with E-state index in [9.17, 15) is 9.59 Å². The van der Waals surface area contributed by atoms with Crippen LogP contribution in [0.15, 0.2) is 69.1 Å². The predicted molar refractivity (Wildman–Crippen MR) is 131 cm³/mol. The molecule has 0 radical (unpaired) electrons. The lowest BCUT2D eigenvalue weighted by molar-refractivity contribution is -0.116. The van der Waals surface area contributed by atoms with Gasteiger partial charge in [-0.05, 0) is 30.5 Å². The van der Waals surface area contributed by atoms with Gasteiger partial charge in [0.05, 0.1) is 11.8 Å². The van der Waals surface area contributed by atoms with Crippen LogP contribution in [0, 0.1) is 0 Å². The van der Waals surface area contributed by atoms with Crippen LogP contribution in [0.3, 0.4) is 0 Å². The Morgan fingerprint density at radius 3 is 2.82 bits per heavy atom. The number of hydrogen-bond acceptors (Lipinski definition) is 7. The van der Waals surface area contributed by atoms with Crippen LogP contribution in [0.5, 0.6) is 0 Å². The third-order valence-corrected chi connectivity index (χ3v) is 6.25. The van der Waals surface area contributed by atoms with Crippen LogP contribution in [0.4, 0.5) is 5.69 Å². The molecule has 172 valence electrons. The van der Waals surface area contributed by atoms with Gasteiger partial charge >= 0.3 is 0 Å². The number of nitrogens with one attached hydrogen (secondary N) is 1. The molecule has 5 aromatic rings. The zero-order valence-corrected chi connectivity index (χ0v) is 19.5. The third kappa shape index (κ3) is 4.08. The van der Waals surface area contributed by atoms with Crippen LogP contribution < -0.4 is 10.9 Å². The van der Waals surface area contributed by atoms with Crippen molar-refractivity contribution in [1.29, 1.82) is 0 Å². The molecule has 0 saturated heterocycles. The quantitative estimate of drug-likeness (QED) is 0.358. The normalized spacial score (nSPS) is 11.4. The number of nitrogens with zero attached hydrogens (tertiary/aromatic N) is 5. The third-order valence-electron chi connectivity index (χ3n) is 5.52. The first-order valence-corrected chi connectivity index (χ1v) is 12.0. The number of amides is 1. The van der Waals surface area contributed by atoms with Crippen LogP contribution >= 0.6 is 11.8 Å². The summed E-state index contributed by atoms with van der Waals surface area (Å²) in [6, 6.07) is 15.2. The smallest absolute Gasteiger partial charge is 0.278 e. The second-order valence-electron chi connectivity index (χ2n) is 7.72. The molecular formula is C24H22N6O3S. The second kappa shape index (κ2) is 9.14. The van der Waals surface area contributed by atoms with Gasteiger partial charge in [0.15, 0.2) is 5.82 Å². The standard InChI is InChI=1S/C24H22N6O3S/c1-3-19-27-21(33-28-19)13-29-14-25-22-17-9-4-5-10-18(17)30(23(22)24(29)32)12-20(31)26-15-7-6-8-16(11-15)34-2/h4-11,14H,3,12-13H2,1-2H3,(H,26,31). The number of para-hydroxylation sites is 1. The highest BCUT2D eigenvalue weighted by atomic mass is 32.2. The number of carbonyl (C=O) groups excluding carboxylic acids is 1. The summed E-state index contributed by atoms with van der Waals surface area (Å²) in [5.41, 5.74) is 2.09. The number of hydrogen-bond donors (Lipinski definition) is 1. The van der Waals surface area contributed by atoms with Gasteiger partial charge in [0.2, 0.25) is 11.8 Å². The molecule has 34 heavy (non-hydrogen) atoms. The van der Waals surface area contributed by atoms with E-state index in [1.807, 2.05) is 61.7 Å². The van der Waals surface area contributed by atoms with E-state index in [0.717, 1.165) is 15.8 Å². The van der Waals surface area contributed by atoms with E-state index in [4.69, 9.17) is 4.52 Å². The van der Waals surface area contributed by atoms with Crippen molar-refractivity contribution in [3.8, 4) is 0 Å². The van der Waals surface area contributed by atoms with Crippen molar-refractivity contribution in [2.75, 3.05) is 11.6 Å². The van der Waals surface area contributed by atoms with Crippen molar-refractivity contribution in [2.24, 2.45) is 0 Å². The van der Waals surface area contributed by atoms with E-state index in [-0.39, 0.29) is 24.6 Å². The number of thioether (sulfide) groups is 1. The van der Waals surface area contributed by atoms with Crippen LogP contribution in [-0.4, -0.2) is 36.4 Å². The van der Waals surface area contributed by atoms with Gasteiger partial charge in [-0.3, -0.25) is 14.2 Å². The van der Waals surface area contributed by atoms with Crippen LogP contribution in [0.25, 0.3) is 21.9 Å². The number of aromatic nitrogens is 5. The molecule has 0 fully saturated rings. The maximum absolute atomic E-state index is 13.5. The molecule has 0 bridgehead atoms. The van der Waals surface area contributed by atoms with Crippen molar-refractivity contribution in [1.82, 2.24) is 24.3 Å². The van der Waals surface area contributed by atoms with Crippen LogP contribution in [0.1, 0.15) is 18.6 Å². The SMILES string of the molecule is CCc1noc(Cn2cnc3c4ccccc4n(CC(=O)Nc4cccc(SC)c4)c3c2=O)n1. The Bertz CT molecular complexity index is 1570. The molecule has 0 aliphatic carbocycles. The fourth-order valence-corrected chi connectivity index (χ4v) is 4.37. The molecule has 0 aliphatic heterocycles. The lowest BCUT2D eigenvalue weighted by Crippen LogP contribution is -2.25. The fraction of sp³-hybridized carbons (Fsp3) is 0.208. The first-order valence-electron chi connectivity index (χ1n) is 10.8. The van der Waals surface area contributed by atoms with Crippen molar-refractivity contribution >= 4 is 45.3 Å². The largest absolute Gasteiger partial charge is 0.337 e. The van der Waals surface area contributed by atoms with E-state index in [1.54, 1.807) is 16.3 Å². The van der Waals surface area contributed by atoms with Gasteiger partial charge in [-0.2, -0.15) is 4.98 Å². The number of anilines is 1. The maximum Gasteiger partial charge on any atom is 0.278 e. The molecule has 0 aliphatic rings. The Kier molecular flexibility index (Phi) is 5.89. The van der Waals surface area contributed by atoms with Gasteiger partial charge in [0.25, 0.3) is 5.56 Å². The summed E-state index contributed by atoms with van der Waals surface area (Å²) >= 11 is 1.60.